The molecule has 2 heterocycles. The Bertz CT molecular complexity index is 626. The topological polar surface area (TPSA) is 70.2 Å². The summed E-state index contributed by atoms with van der Waals surface area (Å²) in [5.74, 6) is -0.296. The standard InChI is InChI=1S/C17H21N3O4/c1-18-15(21)11-14(16(18)22)19-7-9-20(10-8-19)17(23)24-12-13-5-3-2-4-6-13/h2-6,14H,7-12H2,1H3. The summed E-state index contributed by atoms with van der Waals surface area (Å²) in [6.07, 6.45) is -0.113. The van der Waals surface area contributed by atoms with Crippen LogP contribution in [0.1, 0.15) is 12.0 Å². The third-order valence-electron chi connectivity index (χ3n) is 4.58. The number of amides is 3. The van der Waals surface area contributed by atoms with Crippen LogP contribution < -0.4 is 0 Å². The molecule has 7 heteroatoms. The maximum absolute atomic E-state index is 12.1. The largest absolute Gasteiger partial charge is 0.445 e. The molecule has 2 aliphatic rings. The van der Waals surface area contributed by atoms with E-state index in [2.05, 4.69) is 0 Å². The Kier molecular flexibility index (Phi) is 4.80. The molecule has 128 valence electrons. The molecule has 1 unspecified atom stereocenters. The van der Waals surface area contributed by atoms with Gasteiger partial charge in [-0.05, 0) is 5.56 Å². The van der Waals surface area contributed by atoms with E-state index in [1.165, 1.54) is 11.9 Å². The Morgan fingerprint density at radius 3 is 2.38 bits per heavy atom. The average Bonchev–Trinajstić information content (AvgIpc) is 2.88. The maximum Gasteiger partial charge on any atom is 0.410 e. The summed E-state index contributed by atoms with van der Waals surface area (Å²) < 4.78 is 5.32. The van der Waals surface area contributed by atoms with Crippen molar-refractivity contribution < 1.29 is 19.1 Å². The third-order valence-corrected chi connectivity index (χ3v) is 4.58. The van der Waals surface area contributed by atoms with E-state index in [1.54, 1.807) is 4.90 Å². The van der Waals surface area contributed by atoms with Gasteiger partial charge in [0.1, 0.15) is 6.61 Å². The second kappa shape index (κ2) is 7.00. The molecule has 1 aromatic rings. The first-order valence-corrected chi connectivity index (χ1v) is 8.06. The van der Waals surface area contributed by atoms with E-state index in [0.717, 1.165) is 5.56 Å². The van der Waals surface area contributed by atoms with Crippen molar-refractivity contribution in [2.24, 2.45) is 0 Å². The van der Waals surface area contributed by atoms with Crippen LogP contribution in [0.15, 0.2) is 30.3 Å². The van der Waals surface area contributed by atoms with Gasteiger partial charge in [-0.15, -0.1) is 0 Å². The van der Waals surface area contributed by atoms with Gasteiger partial charge >= 0.3 is 6.09 Å². The van der Waals surface area contributed by atoms with E-state index < -0.39 is 0 Å². The zero-order chi connectivity index (χ0) is 17.1. The molecule has 0 bridgehead atoms. The van der Waals surface area contributed by atoms with E-state index in [1.807, 2.05) is 35.2 Å². The lowest BCUT2D eigenvalue weighted by Crippen LogP contribution is -2.53. The SMILES string of the molecule is CN1C(=O)CC(N2CCN(C(=O)OCc3ccccc3)CC2)C1=O. The molecule has 0 spiro atoms. The average molecular weight is 331 g/mol. The number of likely N-dealkylation sites (N-methyl/N-ethyl adjacent to an activating group) is 1. The molecule has 1 atom stereocenters. The van der Waals surface area contributed by atoms with Gasteiger partial charge < -0.3 is 9.64 Å². The molecule has 7 nitrogen and oxygen atoms in total. The molecule has 0 saturated carbocycles. The molecule has 2 aliphatic heterocycles. The lowest BCUT2D eigenvalue weighted by atomic mass is 10.2. The number of likely N-dealkylation sites (tertiary alicyclic amines) is 1. The van der Waals surface area contributed by atoms with Crippen LogP contribution in [-0.2, 0) is 20.9 Å². The molecular formula is C17H21N3O4. The minimum atomic E-state index is -0.384. The van der Waals surface area contributed by atoms with Crippen molar-refractivity contribution in [3.63, 3.8) is 0 Å². The van der Waals surface area contributed by atoms with Gasteiger partial charge in [0.05, 0.1) is 12.5 Å². The predicted octanol–water partition coefficient (Wildman–Crippen LogP) is 0.698. The quantitative estimate of drug-likeness (QED) is 0.763. The Hall–Kier alpha value is -2.41. The van der Waals surface area contributed by atoms with Crippen LogP contribution in [0, 0.1) is 0 Å². The van der Waals surface area contributed by atoms with Gasteiger partial charge in [-0.3, -0.25) is 19.4 Å². The Balaban J connectivity index is 1.47. The Labute approximate surface area is 140 Å². The normalized spacial score (nSPS) is 22.1. The summed E-state index contributed by atoms with van der Waals surface area (Å²) in [6.45, 7) is 2.38. The summed E-state index contributed by atoms with van der Waals surface area (Å²) in [5.41, 5.74) is 0.947. The minimum Gasteiger partial charge on any atom is -0.445 e. The lowest BCUT2D eigenvalue weighted by Gasteiger charge is -2.36. The number of nitrogens with zero attached hydrogens (tertiary/aromatic N) is 3. The number of benzene rings is 1. The molecule has 24 heavy (non-hydrogen) atoms. The Morgan fingerprint density at radius 1 is 1.12 bits per heavy atom. The van der Waals surface area contributed by atoms with Crippen molar-refractivity contribution in [3.8, 4) is 0 Å². The van der Waals surface area contributed by atoms with Crippen molar-refractivity contribution >= 4 is 17.9 Å². The van der Waals surface area contributed by atoms with Gasteiger partial charge in [-0.1, -0.05) is 30.3 Å². The Morgan fingerprint density at radius 2 is 1.79 bits per heavy atom. The van der Waals surface area contributed by atoms with Crippen molar-refractivity contribution in [2.45, 2.75) is 19.1 Å². The molecule has 0 radical (unpaired) electrons. The molecule has 1 aromatic carbocycles. The highest BCUT2D eigenvalue weighted by molar-refractivity contribution is 6.05. The third kappa shape index (κ3) is 3.41. The van der Waals surface area contributed by atoms with Crippen LogP contribution in [0.4, 0.5) is 4.79 Å². The summed E-state index contributed by atoms with van der Waals surface area (Å²) in [5, 5.41) is 0. The lowest BCUT2D eigenvalue weighted by molar-refractivity contribution is -0.138. The number of hydrogen-bond acceptors (Lipinski definition) is 5. The van der Waals surface area contributed by atoms with Crippen LogP contribution in [0.2, 0.25) is 0 Å². The zero-order valence-corrected chi connectivity index (χ0v) is 13.7. The van der Waals surface area contributed by atoms with Gasteiger partial charge in [-0.2, -0.15) is 0 Å². The van der Waals surface area contributed by atoms with Crippen molar-refractivity contribution in [3.05, 3.63) is 35.9 Å². The van der Waals surface area contributed by atoms with Gasteiger partial charge in [0.25, 0.3) is 0 Å². The van der Waals surface area contributed by atoms with Gasteiger partial charge in [0.15, 0.2) is 0 Å². The van der Waals surface area contributed by atoms with E-state index in [4.69, 9.17) is 4.74 Å². The maximum atomic E-state index is 12.1. The fraction of sp³-hybridized carbons (Fsp3) is 0.471. The number of rotatable bonds is 3. The molecule has 2 saturated heterocycles. The molecule has 0 N–H and O–H groups in total. The van der Waals surface area contributed by atoms with E-state index in [0.29, 0.717) is 26.2 Å². The fourth-order valence-corrected chi connectivity index (χ4v) is 3.05. The molecule has 3 rings (SSSR count). The van der Waals surface area contributed by atoms with Crippen LogP contribution in [0.25, 0.3) is 0 Å². The smallest absolute Gasteiger partial charge is 0.410 e. The summed E-state index contributed by atoms with van der Waals surface area (Å²) in [4.78, 5) is 40.6. The van der Waals surface area contributed by atoms with Gasteiger partial charge in [-0.25, -0.2) is 4.79 Å². The first kappa shape index (κ1) is 16.4. The number of carbonyl (C=O) groups excluding carboxylic acids is 3. The second-order valence-electron chi connectivity index (χ2n) is 6.07. The minimum absolute atomic E-state index is 0.144. The highest BCUT2D eigenvalue weighted by Gasteiger charge is 2.41. The number of piperazine rings is 1. The van der Waals surface area contributed by atoms with Crippen molar-refractivity contribution in [2.75, 3.05) is 33.2 Å². The molecule has 3 amide bonds. The fourth-order valence-electron chi connectivity index (χ4n) is 3.05. The van der Waals surface area contributed by atoms with Crippen LogP contribution >= 0.6 is 0 Å². The number of carbonyl (C=O) groups is 3. The van der Waals surface area contributed by atoms with Crippen molar-refractivity contribution in [1.29, 1.82) is 0 Å². The predicted molar refractivity (Wildman–Crippen MR) is 86.0 cm³/mol. The highest BCUT2D eigenvalue weighted by Crippen LogP contribution is 2.19. The number of hydrogen-bond donors (Lipinski definition) is 0. The van der Waals surface area contributed by atoms with Gasteiger partial charge in [0, 0.05) is 33.2 Å². The van der Waals surface area contributed by atoms with E-state index >= 15 is 0 Å². The van der Waals surface area contributed by atoms with Crippen LogP contribution in [0.5, 0.6) is 0 Å². The summed E-state index contributed by atoms with van der Waals surface area (Å²) >= 11 is 0. The van der Waals surface area contributed by atoms with Crippen LogP contribution in [0.3, 0.4) is 0 Å². The van der Waals surface area contributed by atoms with E-state index in [-0.39, 0.29) is 37.0 Å². The van der Waals surface area contributed by atoms with Crippen LogP contribution in [-0.4, -0.2) is 71.9 Å². The highest BCUT2D eigenvalue weighted by atomic mass is 16.6. The summed E-state index contributed by atoms with van der Waals surface area (Å²) in [6, 6.07) is 9.15. The molecule has 2 fully saturated rings. The molecule has 0 aromatic heterocycles. The zero-order valence-electron chi connectivity index (χ0n) is 13.7. The number of ether oxygens (including phenoxy) is 1. The first-order valence-electron chi connectivity index (χ1n) is 8.06. The number of imide groups is 1. The molecular weight excluding hydrogens is 310 g/mol. The van der Waals surface area contributed by atoms with E-state index in [9.17, 15) is 14.4 Å². The first-order chi connectivity index (χ1) is 11.6. The molecule has 0 aliphatic carbocycles. The summed E-state index contributed by atoms with van der Waals surface area (Å²) in [7, 11) is 1.52. The van der Waals surface area contributed by atoms with Gasteiger partial charge in [0.2, 0.25) is 11.8 Å². The van der Waals surface area contributed by atoms with Crippen molar-refractivity contribution in [1.82, 2.24) is 14.7 Å². The monoisotopic (exact) mass is 331 g/mol. The second-order valence-corrected chi connectivity index (χ2v) is 6.07.